The van der Waals surface area contributed by atoms with E-state index in [1.165, 1.54) is 30.6 Å². The van der Waals surface area contributed by atoms with Crippen molar-refractivity contribution in [2.24, 2.45) is 5.73 Å². The van der Waals surface area contributed by atoms with E-state index in [1.54, 1.807) is 31.2 Å². The van der Waals surface area contributed by atoms with Gasteiger partial charge in [0.1, 0.15) is 5.82 Å². The number of anilines is 1. The smallest absolute Gasteiger partial charge is 0.266 e. The van der Waals surface area contributed by atoms with E-state index in [-0.39, 0.29) is 24.1 Å². The van der Waals surface area contributed by atoms with Gasteiger partial charge in [-0.15, -0.1) is 11.3 Å². The normalized spacial score (nSPS) is 10.6. The SMILES string of the molecule is COc1ccc(NC(=O)c2sc3ccc(F)cc3c2C)cc1OCC(N)=O. The van der Waals surface area contributed by atoms with Crippen molar-refractivity contribution < 1.29 is 23.5 Å². The Balaban J connectivity index is 1.86. The lowest BCUT2D eigenvalue weighted by molar-refractivity contribution is -0.119. The van der Waals surface area contributed by atoms with Crippen LogP contribution in [-0.4, -0.2) is 25.5 Å². The Morgan fingerprint density at radius 2 is 1.96 bits per heavy atom. The minimum atomic E-state index is -0.625. The highest BCUT2D eigenvalue weighted by Gasteiger charge is 2.17. The minimum absolute atomic E-state index is 0.282. The van der Waals surface area contributed by atoms with Gasteiger partial charge in [-0.1, -0.05) is 0 Å². The molecule has 1 heterocycles. The van der Waals surface area contributed by atoms with Crippen LogP contribution in [0, 0.1) is 12.7 Å². The Hall–Kier alpha value is -3.13. The molecule has 6 nitrogen and oxygen atoms in total. The second kappa shape index (κ2) is 7.63. The molecule has 2 amide bonds. The van der Waals surface area contributed by atoms with Crippen LogP contribution in [0.25, 0.3) is 10.1 Å². The van der Waals surface area contributed by atoms with Gasteiger partial charge in [0.25, 0.3) is 11.8 Å². The van der Waals surface area contributed by atoms with Gasteiger partial charge in [-0.25, -0.2) is 4.39 Å². The molecule has 0 fully saturated rings. The Morgan fingerprint density at radius 3 is 2.67 bits per heavy atom. The molecule has 0 saturated carbocycles. The molecule has 3 aromatic rings. The third-order valence-corrected chi connectivity index (χ3v) is 5.17. The topological polar surface area (TPSA) is 90.7 Å². The maximum Gasteiger partial charge on any atom is 0.266 e. The van der Waals surface area contributed by atoms with Gasteiger partial charge in [-0.2, -0.15) is 0 Å². The van der Waals surface area contributed by atoms with Gasteiger partial charge >= 0.3 is 0 Å². The van der Waals surface area contributed by atoms with Crippen molar-refractivity contribution >= 4 is 38.9 Å². The number of rotatable bonds is 6. The fourth-order valence-corrected chi connectivity index (χ4v) is 3.70. The van der Waals surface area contributed by atoms with Gasteiger partial charge in [0.15, 0.2) is 18.1 Å². The molecule has 140 valence electrons. The number of benzene rings is 2. The molecule has 1 aromatic heterocycles. The zero-order valence-corrected chi connectivity index (χ0v) is 15.5. The van der Waals surface area contributed by atoms with Gasteiger partial charge < -0.3 is 20.5 Å². The number of hydrogen-bond donors (Lipinski definition) is 2. The van der Waals surface area contributed by atoms with Crippen LogP contribution in [0.3, 0.4) is 0 Å². The molecule has 8 heteroatoms. The summed E-state index contributed by atoms with van der Waals surface area (Å²) in [5, 5.41) is 3.49. The molecule has 0 radical (unpaired) electrons. The van der Waals surface area contributed by atoms with E-state index in [0.29, 0.717) is 27.3 Å². The first-order chi connectivity index (χ1) is 12.9. The van der Waals surface area contributed by atoms with Gasteiger partial charge in [-0.05, 0) is 48.2 Å². The van der Waals surface area contributed by atoms with Crippen LogP contribution >= 0.6 is 11.3 Å². The molecule has 0 atom stereocenters. The van der Waals surface area contributed by atoms with E-state index >= 15 is 0 Å². The number of carbonyl (C=O) groups excluding carboxylic acids is 2. The summed E-state index contributed by atoms with van der Waals surface area (Å²) >= 11 is 1.29. The minimum Gasteiger partial charge on any atom is -0.493 e. The monoisotopic (exact) mass is 388 g/mol. The predicted molar refractivity (Wildman–Crippen MR) is 102 cm³/mol. The number of methoxy groups -OCH3 is 1. The highest BCUT2D eigenvalue weighted by Crippen LogP contribution is 2.33. The molecule has 0 saturated heterocycles. The lowest BCUT2D eigenvalue weighted by atomic mass is 10.1. The molecule has 0 aliphatic carbocycles. The summed E-state index contributed by atoms with van der Waals surface area (Å²) in [4.78, 5) is 24.1. The summed E-state index contributed by atoms with van der Waals surface area (Å²) in [7, 11) is 1.46. The molecular formula is C19H17FN2O4S. The number of thiophene rings is 1. The predicted octanol–water partition coefficient (Wildman–Crippen LogP) is 3.47. The van der Waals surface area contributed by atoms with Crippen molar-refractivity contribution in [3.05, 3.63) is 52.7 Å². The number of nitrogens with one attached hydrogen (secondary N) is 1. The van der Waals surface area contributed by atoms with Crippen molar-refractivity contribution in [1.82, 2.24) is 0 Å². The molecule has 0 aliphatic rings. The number of hydrogen-bond acceptors (Lipinski definition) is 5. The first-order valence-electron chi connectivity index (χ1n) is 7.98. The van der Waals surface area contributed by atoms with E-state index in [4.69, 9.17) is 15.2 Å². The van der Waals surface area contributed by atoms with Gasteiger partial charge in [0.2, 0.25) is 0 Å². The number of ether oxygens (including phenoxy) is 2. The maximum atomic E-state index is 13.5. The van der Waals surface area contributed by atoms with E-state index in [0.717, 1.165) is 4.70 Å². The number of nitrogens with two attached hydrogens (primary N) is 1. The summed E-state index contributed by atoms with van der Waals surface area (Å²) in [6.07, 6.45) is 0. The Kier molecular flexibility index (Phi) is 5.27. The van der Waals surface area contributed by atoms with Crippen molar-refractivity contribution in [1.29, 1.82) is 0 Å². The molecule has 27 heavy (non-hydrogen) atoms. The fourth-order valence-electron chi connectivity index (χ4n) is 2.61. The lowest BCUT2D eigenvalue weighted by Crippen LogP contribution is -2.20. The maximum absolute atomic E-state index is 13.5. The molecule has 3 N–H and O–H groups in total. The average molecular weight is 388 g/mol. The Labute approximate surface area is 158 Å². The van der Waals surface area contributed by atoms with E-state index in [2.05, 4.69) is 5.32 Å². The molecule has 3 rings (SSSR count). The van der Waals surface area contributed by atoms with E-state index < -0.39 is 5.91 Å². The average Bonchev–Trinajstić information content (AvgIpc) is 2.96. The van der Waals surface area contributed by atoms with Crippen molar-refractivity contribution in [2.45, 2.75) is 6.92 Å². The lowest BCUT2D eigenvalue weighted by Gasteiger charge is -2.12. The van der Waals surface area contributed by atoms with Crippen LogP contribution in [0.5, 0.6) is 11.5 Å². The summed E-state index contributed by atoms with van der Waals surface area (Å²) in [6.45, 7) is 1.47. The third-order valence-electron chi connectivity index (χ3n) is 3.90. The second-order valence-corrected chi connectivity index (χ2v) is 6.82. The summed E-state index contributed by atoms with van der Waals surface area (Å²) in [5.41, 5.74) is 6.27. The van der Waals surface area contributed by atoms with Gasteiger partial charge in [0.05, 0.1) is 12.0 Å². The summed E-state index contributed by atoms with van der Waals surface area (Å²) < 4.78 is 24.8. The highest BCUT2D eigenvalue weighted by molar-refractivity contribution is 7.21. The zero-order valence-electron chi connectivity index (χ0n) is 14.7. The van der Waals surface area contributed by atoms with Crippen LogP contribution in [0.15, 0.2) is 36.4 Å². The zero-order chi connectivity index (χ0) is 19.6. The molecular weight excluding hydrogens is 371 g/mol. The van der Waals surface area contributed by atoms with Crippen LogP contribution < -0.4 is 20.5 Å². The first kappa shape index (κ1) is 18.7. The summed E-state index contributed by atoms with van der Waals surface area (Å²) in [6, 6.07) is 9.24. The Bertz CT molecular complexity index is 1030. The quantitative estimate of drug-likeness (QED) is 0.676. The van der Waals surface area contributed by atoms with Crippen LogP contribution in [0.2, 0.25) is 0 Å². The number of halogens is 1. The number of carbonyl (C=O) groups is 2. The van der Waals surface area contributed by atoms with E-state index in [9.17, 15) is 14.0 Å². The standard InChI is InChI=1S/C19H17FN2O4S/c1-10-13-7-11(20)3-6-16(13)27-18(10)19(24)22-12-4-5-14(25-2)15(8-12)26-9-17(21)23/h3-8H,9H2,1-2H3,(H2,21,23)(H,22,24). The van der Waals surface area contributed by atoms with Crippen LogP contribution in [0.4, 0.5) is 10.1 Å². The molecule has 2 aromatic carbocycles. The van der Waals surface area contributed by atoms with Crippen molar-refractivity contribution in [3.8, 4) is 11.5 Å². The van der Waals surface area contributed by atoms with Gasteiger partial charge in [-0.3, -0.25) is 9.59 Å². The molecule has 0 aliphatic heterocycles. The summed E-state index contributed by atoms with van der Waals surface area (Å²) in [5.74, 6) is -0.603. The molecule has 0 bridgehead atoms. The van der Waals surface area contributed by atoms with Crippen LogP contribution in [-0.2, 0) is 4.79 Å². The first-order valence-corrected chi connectivity index (χ1v) is 8.80. The van der Waals surface area contributed by atoms with Crippen LogP contribution in [0.1, 0.15) is 15.2 Å². The van der Waals surface area contributed by atoms with Crippen molar-refractivity contribution in [2.75, 3.05) is 19.0 Å². The third kappa shape index (κ3) is 4.01. The largest absolute Gasteiger partial charge is 0.493 e. The Morgan fingerprint density at radius 1 is 1.19 bits per heavy atom. The molecule has 0 spiro atoms. The highest BCUT2D eigenvalue weighted by atomic mass is 32.1. The fraction of sp³-hybridized carbons (Fsp3) is 0.158. The van der Waals surface area contributed by atoms with Crippen molar-refractivity contribution in [3.63, 3.8) is 0 Å². The number of aryl methyl sites for hydroxylation is 1. The number of fused-ring (bicyclic) bond motifs is 1. The van der Waals surface area contributed by atoms with Gasteiger partial charge in [0, 0.05) is 16.5 Å². The molecule has 0 unspecified atom stereocenters. The number of primary amides is 1. The van der Waals surface area contributed by atoms with E-state index in [1.807, 2.05) is 0 Å². The second-order valence-electron chi connectivity index (χ2n) is 5.77. The number of amides is 2.